The number of pyridine rings is 1. The van der Waals surface area contributed by atoms with Crippen LogP contribution in [0.3, 0.4) is 0 Å². The van der Waals surface area contributed by atoms with E-state index >= 15 is 0 Å². The summed E-state index contributed by atoms with van der Waals surface area (Å²) in [7, 11) is 0. The van der Waals surface area contributed by atoms with Gasteiger partial charge in [0.05, 0.1) is 5.69 Å². The summed E-state index contributed by atoms with van der Waals surface area (Å²) in [6.45, 7) is 15.7. The van der Waals surface area contributed by atoms with E-state index in [2.05, 4.69) is 63.0 Å². The Hall–Kier alpha value is -1.09. The molecule has 0 spiro atoms. The molecule has 1 aromatic rings. The second-order valence-corrected chi connectivity index (χ2v) is 7.81. The zero-order valence-electron chi connectivity index (χ0n) is 14.3. The molecule has 1 atom stereocenters. The minimum Gasteiger partial charge on any atom is -0.356 e. The molecule has 1 fully saturated rings. The van der Waals surface area contributed by atoms with E-state index < -0.39 is 0 Å². The summed E-state index contributed by atoms with van der Waals surface area (Å²) in [5.74, 6) is 2.59. The number of anilines is 1. The molecule has 3 heteroatoms. The Labute approximate surface area is 130 Å². The van der Waals surface area contributed by atoms with Crippen molar-refractivity contribution in [3.63, 3.8) is 0 Å². The summed E-state index contributed by atoms with van der Waals surface area (Å²) in [4.78, 5) is 7.28. The van der Waals surface area contributed by atoms with Crippen molar-refractivity contribution in [3.8, 4) is 0 Å². The normalized spacial score (nSPS) is 19.5. The van der Waals surface area contributed by atoms with Gasteiger partial charge in [0.15, 0.2) is 0 Å². The highest BCUT2D eigenvalue weighted by Gasteiger charge is 2.32. The van der Waals surface area contributed by atoms with Crippen LogP contribution in [0, 0.1) is 17.3 Å². The maximum atomic E-state index is 4.83. The zero-order chi connectivity index (χ0) is 15.5. The quantitative estimate of drug-likeness (QED) is 0.896. The molecule has 2 rings (SSSR count). The molecular weight excluding hydrogens is 258 g/mol. The molecule has 118 valence electrons. The Morgan fingerprint density at radius 2 is 2.10 bits per heavy atom. The number of nitrogens with zero attached hydrogens (tertiary/aromatic N) is 2. The van der Waals surface area contributed by atoms with E-state index in [1.165, 1.54) is 6.42 Å². The van der Waals surface area contributed by atoms with Gasteiger partial charge in [-0.3, -0.25) is 0 Å². The van der Waals surface area contributed by atoms with Crippen molar-refractivity contribution in [1.82, 2.24) is 10.3 Å². The van der Waals surface area contributed by atoms with Gasteiger partial charge in [-0.2, -0.15) is 0 Å². The summed E-state index contributed by atoms with van der Waals surface area (Å²) >= 11 is 0. The Balaban J connectivity index is 1.95. The predicted molar refractivity (Wildman–Crippen MR) is 90.6 cm³/mol. The van der Waals surface area contributed by atoms with E-state index in [0.29, 0.717) is 11.3 Å². The average Bonchev–Trinajstić information content (AvgIpc) is 2.88. The molecule has 1 aliphatic rings. The van der Waals surface area contributed by atoms with Crippen molar-refractivity contribution in [2.75, 3.05) is 24.5 Å². The molecule has 0 saturated carbocycles. The molecular formula is C18H31N3. The minimum absolute atomic E-state index is 0.394. The average molecular weight is 289 g/mol. The van der Waals surface area contributed by atoms with Crippen LogP contribution in [0.15, 0.2) is 18.2 Å². The van der Waals surface area contributed by atoms with Gasteiger partial charge in [0.2, 0.25) is 0 Å². The van der Waals surface area contributed by atoms with Crippen LogP contribution in [0.25, 0.3) is 0 Å². The van der Waals surface area contributed by atoms with Gasteiger partial charge in [0.25, 0.3) is 0 Å². The Morgan fingerprint density at radius 1 is 1.33 bits per heavy atom. The maximum Gasteiger partial charge on any atom is 0.128 e. The van der Waals surface area contributed by atoms with Gasteiger partial charge in [0, 0.05) is 19.6 Å². The molecule has 3 nitrogen and oxygen atoms in total. The second-order valence-electron chi connectivity index (χ2n) is 7.81. The van der Waals surface area contributed by atoms with E-state index in [1.54, 1.807) is 0 Å². The number of rotatable bonds is 5. The SMILES string of the molecule is CC(C)CNCc1cccc(N2CCC(C(C)(C)C)C2)n1. The van der Waals surface area contributed by atoms with Gasteiger partial charge < -0.3 is 10.2 Å². The topological polar surface area (TPSA) is 28.2 Å². The first-order chi connectivity index (χ1) is 9.86. The van der Waals surface area contributed by atoms with Crippen molar-refractivity contribution >= 4 is 5.82 Å². The van der Waals surface area contributed by atoms with Crippen LogP contribution >= 0.6 is 0 Å². The van der Waals surface area contributed by atoms with Crippen LogP contribution in [0.2, 0.25) is 0 Å². The highest BCUT2D eigenvalue weighted by atomic mass is 15.2. The lowest BCUT2D eigenvalue weighted by molar-refractivity contribution is 0.263. The third-order valence-electron chi connectivity index (χ3n) is 4.39. The van der Waals surface area contributed by atoms with Gasteiger partial charge in [-0.1, -0.05) is 40.7 Å². The number of aromatic nitrogens is 1. The first kappa shape index (κ1) is 16.3. The zero-order valence-corrected chi connectivity index (χ0v) is 14.3. The summed E-state index contributed by atoms with van der Waals surface area (Å²) in [6.07, 6.45) is 1.28. The lowest BCUT2D eigenvalue weighted by Gasteiger charge is -2.27. The molecule has 1 saturated heterocycles. The van der Waals surface area contributed by atoms with Crippen molar-refractivity contribution in [2.24, 2.45) is 17.3 Å². The van der Waals surface area contributed by atoms with Crippen molar-refractivity contribution in [2.45, 2.75) is 47.6 Å². The Bertz CT molecular complexity index is 448. The Morgan fingerprint density at radius 3 is 2.71 bits per heavy atom. The molecule has 0 amide bonds. The van der Waals surface area contributed by atoms with Crippen LogP contribution in [0.1, 0.15) is 46.7 Å². The highest BCUT2D eigenvalue weighted by molar-refractivity contribution is 5.40. The number of nitrogens with one attached hydrogen (secondary N) is 1. The molecule has 0 bridgehead atoms. The fourth-order valence-corrected chi connectivity index (χ4v) is 2.91. The van der Waals surface area contributed by atoms with Gasteiger partial charge in [0.1, 0.15) is 5.82 Å². The first-order valence-corrected chi connectivity index (χ1v) is 8.28. The fourth-order valence-electron chi connectivity index (χ4n) is 2.91. The molecule has 2 heterocycles. The lowest BCUT2D eigenvalue weighted by Crippen LogP contribution is -2.26. The third kappa shape index (κ3) is 4.70. The monoisotopic (exact) mass is 289 g/mol. The largest absolute Gasteiger partial charge is 0.356 e. The third-order valence-corrected chi connectivity index (χ3v) is 4.39. The minimum atomic E-state index is 0.394. The number of hydrogen-bond donors (Lipinski definition) is 1. The second kappa shape index (κ2) is 6.78. The van der Waals surface area contributed by atoms with E-state index in [0.717, 1.165) is 43.6 Å². The van der Waals surface area contributed by atoms with Crippen LogP contribution in [-0.2, 0) is 6.54 Å². The van der Waals surface area contributed by atoms with Crippen LogP contribution in [0.5, 0.6) is 0 Å². The van der Waals surface area contributed by atoms with Gasteiger partial charge >= 0.3 is 0 Å². The number of hydrogen-bond acceptors (Lipinski definition) is 3. The van der Waals surface area contributed by atoms with Gasteiger partial charge in [-0.15, -0.1) is 0 Å². The summed E-state index contributed by atoms with van der Waals surface area (Å²) in [5, 5.41) is 3.47. The highest BCUT2D eigenvalue weighted by Crippen LogP contribution is 2.35. The summed E-state index contributed by atoms with van der Waals surface area (Å²) in [6, 6.07) is 6.41. The molecule has 0 aromatic carbocycles. The molecule has 1 aromatic heterocycles. The predicted octanol–water partition coefficient (Wildman–Crippen LogP) is 3.70. The van der Waals surface area contributed by atoms with E-state index in [1.807, 2.05) is 0 Å². The molecule has 0 radical (unpaired) electrons. The maximum absolute atomic E-state index is 4.83. The standard InChI is InChI=1S/C18H31N3/c1-14(2)11-19-12-16-7-6-8-17(20-16)21-10-9-15(13-21)18(3,4)5/h6-8,14-15,19H,9-13H2,1-5H3. The smallest absolute Gasteiger partial charge is 0.128 e. The van der Waals surface area contributed by atoms with E-state index in [4.69, 9.17) is 4.98 Å². The summed E-state index contributed by atoms with van der Waals surface area (Å²) in [5.41, 5.74) is 1.54. The van der Waals surface area contributed by atoms with Gasteiger partial charge in [-0.05, 0) is 42.3 Å². The molecule has 1 N–H and O–H groups in total. The molecule has 1 aliphatic heterocycles. The van der Waals surface area contributed by atoms with E-state index in [-0.39, 0.29) is 0 Å². The fraction of sp³-hybridized carbons (Fsp3) is 0.722. The van der Waals surface area contributed by atoms with Crippen LogP contribution < -0.4 is 10.2 Å². The van der Waals surface area contributed by atoms with Crippen molar-refractivity contribution in [3.05, 3.63) is 23.9 Å². The lowest BCUT2D eigenvalue weighted by atomic mass is 9.80. The van der Waals surface area contributed by atoms with Gasteiger partial charge in [-0.25, -0.2) is 4.98 Å². The molecule has 0 aliphatic carbocycles. The van der Waals surface area contributed by atoms with Crippen molar-refractivity contribution in [1.29, 1.82) is 0 Å². The Kier molecular flexibility index (Phi) is 5.26. The van der Waals surface area contributed by atoms with E-state index in [9.17, 15) is 0 Å². The molecule has 21 heavy (non-hydrogen) atoms. The van der Waals surface area contributed by atoms with Crippen LogP contribution in [0.4, 0.5) is 5.82 Å². The summed E-state index contributed by atoms with van der Waals surface area (Å²) < 4.78 is 0. The molecule has 1 unspecified atom stereocenters. The van der Waals surface area contributed by atoms with Crippen LogP contribution in [-0.4, -0.2) is 24.6 Å². The van der Waals surface area contributed by atoms with Crippen molar-refractivity contribution < 1.29 is 0 Å². The first-order valence-electron chi connectivity index (χ1n) is 8.28.